The SMILES string of the molecule is C[C@@H]1CCC[C@H]1C(=O)c1cc(Cl)c(OCc2ccccc2)cc1F. The van der Waals surface area contributed by atoms with Crippen LogP contribution in [0, 0.1) is 17.7 Å². The fourth-order valence-corrected chi connectivity index (χ4v) is 3.52. The second kappa shape index (κ2) is 7.35. The number of hydrogen-bond donors (Lipinski definition) is 0. The molecule has 126 valence electrons. The number of benzene rings is 2. The van der Waals surface area contributed by atoms with Gasteiger partial charge in [0.25, 0.3) is 0 Å². The molecule has 0 amide bonds. The molecule has 0 unspecified atom stereocenters. The number of hydrogen-bond acceptors (Lipinski definition) is 2. The van der Waals surface area contributed by atoms with Gasteiger partial charge in [0.05, 0.1) is 10.6 Å². The van der Waals surface area contributed by atoms with Crippen LogP contribution in [-0.2, 0) is 6.61 Å². The van der Waals surface area contributed by atoms with E-state index in [0.29, 0.717) is 12.5 Å². The van der Waals surface area contributed by atoms with Crippen LogP contribution in [0.4, 0.5) is 4.39 Å². The van der Waals surface area contributed by atoms with Crippen LogP contribution in [-0.4, -0.2) is 5.78 Å². The Morgan fingerprint density at radius 1 is 1.25 bits per heavy atom. The van der Waals surface area contributed by atoms with Gasteiger partial charge in [0, 0.05) is 12.0 Å². The van der Waals surface area contributed by atoms with Gasteiger partial charge in [-0.15, -0.1) is 0 Å². The average molecular weight is 347 g/mol. The van der Waals surface area contributed by atoms with Crippen molar-refractivity contribution in [3.05, 3.63) is 64.4 Å². The first-order valence-corrected chi connectivity index (χ1v) is 8.64. The third-order valence-electron chi connectivity index (χ3n) is 4.72. The molecule has 0 N–H and O–H groups in total. The predicted molar refractivity (Wildman–Crippen MR) is 93.0 cm³/mol. The fraction of sp³-hybridized carbons (Fsp3) is 0.350. The molecule has 1 aliphatic carbocycles. The van der Waals surface area contributed by atoms with Gasteiger partial charge in [-0.2, -0.15) is 0 Å². The van der Waals surface area contributed by atoms with Crippen LogP contribution >= 0.6 is 11.6 Å². The molecule has 1 fully saturated rings. The molecule has 0 saturated heterocycles. The molecule has 3 rings (SSSR count). The summed E-state index contributed by atoms with van der Waals surface area (Å²) in [6.45, 7) is 2.35. The van der Waals surface area contributed by atoms with Crippen molar-refractivity contribution in [2.45, 2.75) is 32.8 Å². The number of carbonyl (C=O) groups excluding carboxylic acids is 1. The fourth-order valence-electron chi connectivity index (χ4n) is 3.30. The van der Waals surface area contributed by atoms with Crippen LogP contribution in [0.1, 0.15) is 42.1 Å². The molecule has 2 aromatic carbocycles. The van der Waals surface area contributed by atoms with Crippen molar-refractivity contribution >= 4 is 17.4 Å². The van der Waals surface area contributed by atoms with Crippen molar-refractivity contribution in [3.63, 3.8) is 0 Å². The van der Waals surface area contributed by atoms with Gasteiger partial charge in [0.15, 0.2) is 5.78 Å². The van der Waals surface area contributed by atoms with E-state index in [4.69, 9.17) is 16.3 Å². The maximum absolute atomic E-state index is 14.4. The van der Waals surface area contributed by atoms with E-state index in [9.17, 15) is 9.18 Å². The summed E-state index contributed by atoms with van der Waals surface area (Å²) in [6, 6.07) is 12.2. The molecule has 2 aromatic rings. The molecular weight excluding hydrogens is 327 g/mol. The highest BCUT2D eigenvalue weighted by atomic mass is 35.5. The highest BCUT2D eigenvalue weighted by Crippen LogP contribution is 2.36. The summed E-state index contributed by atoms with van der Waals surface area (Å²) in [4.78, 5) is 12.6. The Balaban J connectivity index is 1.77. The van der Waals surface area contributed by atoms with E-state index in [2.05, 4.69) is 0 Å². The van der Waals surface area contributed by atoms with E-state index in [1.807, 2.05) is 37.3 Å². The van der Waals surface area contributed by atoms with Crippen LogP contribution in [0.2, 0.25) is 5.02 Å². The first kappa shape index (κ1) is 17.0. The molecule has 0 spiro atoms. The first-order chi connectivity index (χ1) is 11.6. The molecule has 1 aliphatic rings. The van der Waals surface area contributed by atoms with Crippen molar-refractivity contribution in [3.8, 4) is 5.75 Å². The van der Waals surface area contributed by atoms with Crippen LogP contribution < -0.4 is 4.74 Å². The molecule has 2 atom stereocenters. The molecule has 1 saturated carbocycles. The minimum atomic E-state index is -0.563. The molecule has 0 aliphatic heterocycles. The van der Waals surface area contributed by atoms with Crippen LogP contribution in [0.25, 0.3) is 0 Å². The summed E-state index contributed by atoms with van der Waals surface area (Å²) in [5.41, 5.74) is 1.04. The molecule has 0 bridgehead atoms. The van der Waals surface area contributed by atoms with E-state index in [0.717, 1.165) is 24.8 Å². The van der Waals surface area contributed by atoms with Gasteiger partial charge < -0.3 is 4.74 Å². The number of carbonyl (C=O) groups is 1. The Hall–Kier alpha value is -1.87. The van der Waals surface area contributed by atoms with Gasteiger partial charge in [-0.3, -0.25) is 4.79 Å². The number of ketones is 1. The third-order valence-corrected chi connectivity index (χ3v) is 5.02. The lowest BCUT2D eigenvalue weighted by Crippen LogP contribution is -2.18. The molecule has 2 nitrogen and oxygen atoms in total. The largest absolute Gasteiger partial charge is 0.487 e. The standard InChI is InChI=1S/C20H20ClFO2/c1-13-6-5-9-15(13)20(23)16-10-17(21)19(11-18(16)22)24-12-14-7-3-2-4-8-14/h2-4,7-8,10-11,13,15H,5-6,9,12H2,1H3/t13-,15-/m1/s1. The molecule has 4 heteroatoms. The number of ether oxygens (including phenoxy) is 1. The quantitative estimate of drug-likeness (QED) is 0.651. The molecule has 0 radical (unpaired) electrons. The second-order valence-electron chi connectivity index (χ2n) is 6.42. The number of rotatable bonds is 5. The van der Waals surface area contributed by atoms with Gasteiger partial charge >= 0.3 is 0 Å². The zero-order chi connectivity index (χ0) is 17.1. The lowest BCUT2D eigenvalue weighted by Gasteiger charge is -2.16. The van der Waals surface area contributed by atoms with Gasteiger partial charge in [0.2, 0.25) is 0 Å². The summed E-state index contributed by atoms with van der Waals surface area (Å²) < 4.78 is 20.0. The van der Waals surface area contributed by atoms with Crippen LogP contribution in [0.3, 0.4) is 0 Å². The summed E-state index contributed by atoms with van der Waals surface area (Å²) in [5.74, 6) is -0.258. The number of Topliss-reactive ketones (excluding diaryl/α,β-unsaturated/α-hetero) is 1. The third kappa shape index (κ3) is 3.62. The lowest BCUT2D eigenvalue weighted by molar-refractivity contribution is 0.0893. The van der Waals surface area contributed by atoms with E-state index >= 15 is 0 Å². The Morgan fingerprint density at radius 3 is 2.67 bits per heavy atom. The zero-order valence-electron chi connectivity index (χ0n) is 13.6. The zero-order valence-corrected chi connectivity index (χ0v) is 14.4. The van der Waals surface area contributed by atoms with E-state index in [-0.39, 0.29) is 28.0 Å². The Labute approximate surface area is 146 Å². The molecular formula is C20H20ClFO2. The van der Waals surface area contributed by atoms with E-state index in [1.54, 1.807) is 0 Å². The first-order valence-electron chi connectivity index (χ1n) is 8.26. The van der Waals surface area contributed by atoms with Crippen LogP contribution in [0.15, 0.2) is 42.5 Å². The van der Waals surface area contributed by atoms with Gasteiger partial charge in [0.1, 0.15) is 18.2 Å². The normalized spacial score (nSPS) is 20.1. The summed E-state index contributed by atoms with van der Waals surface area (Å²) in [7, 11) is 0. The summed E-state index contributed by atoms with van der Waals surface area (Å²) in [6.07, 6.45) is 2.86. The lowest BCUT2D eigenvalue weighted by atomic mass is 9.89. The topological polar surface area (TPSA) is 26.3 Å². The van der Waals surface area contributed by atoms with Gasteiger partial charge in [-0.25, -0.2) is 4.39 Å². The van der Waals surface area contributed by atoms with Crippen molar-refractivity contribution in [1.82, 2.24) is 0 Å². The number of halogens is 2. The van der Waals surface area contributed by atoms with Crippen molar-refractivity contribution < 1.29 is 13.9 Å². The highest BCUT2D eigenvalue weighted by molar-refractivity contribution is 6.32. The van der Waals surface area contributed by atoms with Crippen molar-refractivity contribution in [2.24, 2.45) is 11.8 Å². The maximum atomic E-state index is 14.4. The summed E-state index contributed by atoms with van der Waals surface area (Å²) in [5, 5.41) is 0.265. The Kier molecular flexibility index (Phi) is 5.20. The molecule has 0 aromatic heterocycles. The van der Waals surface area contributed by atoms with Gasteiger partial charge in [-0.05, 0) is 30.4 Å². The van der Waals surface area contributed by atoms with Crippen molar-refractivity contribution in [2.75, 3.05) is 0 Å². The van der Waals surface area contributed by atoms with Crippen LogP contribution in [0.5, 0.6) is 5.75 Å². The Morgan fingerprint density at radius 2 is 2.00 bits per heavy atom. The minimum Gasteiger partial charge on any atom is -0.487 e. The molecule has 24 heavy (non-hydrogen) atoms. The smallest absolute Gasteiger partial charge is 0.169 e. The van der Waals surface area contributed by atoms with Crippen molar-refractivity contribution in [1.29, 1.82) is 0 Å². The maximum Gasteiger partial charge on any atom is 0.169 e. The highest BCUT2D eigenvalue weighted by Gasteiger charge is 2.32. The molecule has 0 heterocycles. The monoisotopic (exact) mass is 346 g/mol. The second-order valence-corrected chi connectivity index (χ2v) is 6.82. The van der Waals surface area contributed by atoms with E-state index < -0.39 is 5.82 Å². The minimum absolute atomic E-state index is 0.0748. The van der Waals surface area contributed by atoms with Gasteiger partial charge in [-0.1, -0.05) is 55.3 Å². The Bertz CT molecular complexity index is 730. The predicted octanol–water partition coefficient (Wildman–Crippen LogP) is 5.68. The average Bonchev–Trinajstić information content (AvgIpc) is 3.01. The van der Waals surface area contributed by atoms with E-state index in [1.165, 1.54) is 12.1 Å². The summed E-state index contributed by atoms with van der Waals surface area (Å²) >= 11 is 6.21.